The van der Waals surface area contributed by atoms with Crippen LogP contribution in [0.15, 0.2) is 103 Å². The van der Waals surface area contributed by atoms with Crippen molar-refractivity contribution in [2.75, 3.05) is 13.7 Å². The number of ether oxygens (including phenoxy) is 5. The molecule has 0 spiro atoms. The molecule has 2 aliphatic heterocycles. The number of methoxy groups -OCH3 is 1. The van der Waals surface area contributed by atoms with Crippen LogP contribution in [0.4, 0.5) is 4.39 Å². The summed E-state index contributed by atoms with van der Waals surface area (Å²) in [6, 6.07) is 30.3. The molecule has 5 atom stereocenters. The second-order valence-electron chi connectivity index (χ2n) is 10.3. The SMILES string of the molecule is CO[C@H]1O[C@H]2/C(=C/F)[C@]1(COC(c1ccccc1)(c1ccccc1)c1ccccc1)[C@H]1OC(C)(C)O[C@@H]21. The number of hydrogen-bond acceptors (Lipinski definition) is 5. The Labute approximate surface area is 216 Å². The Morgan fingerprint density at radius 1 is 0.838 bits per heavy atom. The lowest BCUT2D eigenvalue weighted by atomic mass is 9.78. The van der Waals surface area contributed by atoms with Crippen LogP contribution in [-0.2, 0) is 29.3 Å². The normalized spacial score (nSPS) is 31.1. The minimum atomic E-state index is -1.03. The van der Waals surface area contributed by atoms with E-state index in [2.05, 4.69) is 36.4 Å². The molecule has 6 rings (SSSR count). The maximum Gasteiger partial charge on any atom is 0.172 e. The molecule has 2 bridgehead atoms. The van der Waals surface area contributed by atoms with Gasteiger partial charge in [0.25, 0.3) is 0 Å². The van der Waals surface area contributed by atoms with Crippen LogP contribution in [0.1, 0.15) is 30.5 Å². The van der Waals surface area contributed by atoms with Crippen LogP contribution < -0.4 is 0 Å². The van der Waals surface area contributed by atoms with Crippen LogP contribution in [0.2, 0.25) is 0 Å². The minimum Gasteiger partial charge on any atom is -0.360 e. The van der Waals surface area contributed by atoms with Crippen LogP contribution in [0.5, 0.6) is 0 Å². The zero-order valence-electron chi connectivity index (χ0n) is 21.2. The Balaban J connectivity index is 1.52. The molecule has 6 heteroatoms. The number of hydrogen-bond donors (Lipinski definition) is 0. The molecule has 1 aliphatic carbocycles. The number of fused-ring (bicyclic) bond motifs is 5. The van der Waals surface area contributed by atoms with Crippen LogP contribution in [0, 0.1) is 5.41 Å². The molecule has 2 heterocycles. The highest BCUT2D eigenvalue weighted by Gasteiger charge is 2.74. The van der Waals surface area contributed by atoms with E-state index in [0.717, 1.165) is 16.7 Å². The Morgan fingerprint density at radius 3 is 1.81 bits per heavy atom. The fourth-order valence-electron chi connectivity index (χ4n) is 6.35. The monoisotopic (exact) mass is 502 g/mol. The Morgan fingerprint density at radius 2 is 1.35 bits per heavy atom. The summed E-state index contributed by atoms with van der Waals surface area (Å²) < 4.78 is 46.3. The molecule has 3 aromatic carbocycles. The van der Waals surface area contributed by atoms with E-state index >= 15 is 0 Å². The average Bonchev–Trinajstić information content (AvgIpc) is 3.52. The van der Waals surface area contributed by atoms with Crippen molar-refractivity contribution in [3.63, 3.8) is 0 Å². The predicted molar refractivity (Wildman–Crippen MR) is 136 cm³/mol. The predicted octanol–water partition coefficient (Wildman–Crippen LogP) is 5.74. The van der Waals surface area contributed by atoms with Crippen molar-refractivity contribution in [3.05, 3.63) is 120 Å². The Bertz CT molecular complexity index is 1170. The van der Waals surface area contributed by atoms with Crippen LogP contribution >= 0.6 is 0 Å². The smallest absolute Gasteiger partial charge is 0.172 e. The van der Waals surface area contributed by atoms with E-state index in [4.69, 9.17) is 23.7 Å². The van der Waals surface area contributed by atoms with Gasteiger partial charge in [0.2, 0.25) is 0 Å². The fraction of sp³-hybridized carbons (Fsp3) is 0.355. The van der Waals surface area contributed by atoms with Crippen molar-refractivity contribution >= 4 is 0 Å². The van der Waals surface area contributed by atoms with E-state index in [-0.39, 0.29) is 6.61 Å². The molecule has 5 nitrogen and oxygen atoms in total. The van der Waals surface area contributed by atoms with Gasteiger partial charge >= 0.3 is 0 Å². The first-order valence-electron chi connectivity index (χ1n) is 12.6. The van der Waals surface area contributed by atoms with E-state index in [9.17, 15) is 4.39 Å². The summed E-state index contributed by atoms with van der Waals surface area (Å²) in [5.74, 6) is -0.831. The number of halogens is 1. The lowest BCUT2D eigenvalue weighted by Gasteiger charge is -2.43. The molecule has 3 fully saturated rings. The Hall–Kier alpha value is -2.87. The quantitative estimate of drug-likeness (QED) is 0.386. The van der Waals surface area contributed by atoms with Crippen molar-refractivity contribution < 1.29 is 28.1 Å². The zero-order valence-corrected chi connectivity index (χ0v) is 21.2. The lowest BCUT2D eigenvalue weighted by Crippen LogP contribution is -2.53. The van der Waals surface area contributed by atoms with Crippen molar-refractivity contribution in [2.24, 2.45) is 5.41 Å². The maximum atomic E-state index is 14.6. The van der Waals surface area contributed by atoms with Gasteiger partial charge in [0.15, 0.2) is 12.1 Å². The van der Waals surface area contributed by atoms with E-state index in [0.29, 0.717) is 11.9 Å². The summed E-state index contributed by atoms with van der Waals surface area (Å²) in [7, 11) is 1.57. The summed E-state index contributed by atoms with van der Waals surface area (Å²) in [6.45, 7) is 3.81. The molecule has 3 aliphatic rings. The van der Waals surface area contributed by atoms with Crippen molar-refractivity contribution in [1.29, 1.82) is 0 Å². The van der Waals surface area contributed by atoms with E-state index in [1.54, 1.807) is 7.11 Å². The highest BCUT2D eigenvalue weighted by atomic mass is 19.1. The summed E-state index contributed by atoms with van der Waals surface area (Å²) in [5, 5.41) is 0. The van der Waals surface area contributed by atoms with Gasteiger partial charge in [0, 0.05) is 12.7 Å². The van der Waals surface area contributed by atoms with E-state index in [1.165, 1.54) is 0 Å². The van der Waals surface area contributed by atoms with Gasteiger partial charge in [-0.05, 0) is 30.5 Å². The number of rotatable bonds is 7. The van der Waals surface area contributed by atoms with Gasteiger partial charge in [0.05, 0.1) is 18.4 Å². The van der Waals surface area contributed by atoms with Gasteiger partial charge in [-0.15, -0.1) is 0 Å². The molecule has 0 unspecified atom stereocenters. The highest BCUT2D eigenvalue weighted by Crippen LogP contribution is 2.61. The molecule has 37 heavy (non-hydrogen) atoms. The van der Waals surface area contributed by atoms with Gasteiger partial charge in [0.1, 0.15) is 23.9 Å². The van der Waals surface area contributed by atoms with Crippen molar-refractivity contribution in [3.8, 4) is 0 Å². The second kappa shape index (κ2) is 9.15. The third-order valence-corrected chi connectivity index (χ3v) is 7.87. The van der Waals surface area contributed by atoms with Crippen LogP contribution in [-0.4, -0.2) is 44.1 Å². The third kappa shape index (κ3) is 3.62. The highest BCUT2D eigenvalue weighted by molar-refractivity contribution is 5.48. The molecule has 2 saturated heterocycles. The van der Waals surface area contributed by atoms with Gasteiger partial charge in [-0.3, -0.25) is 0 Å². The van der Waals surface area contributed by atoms with E-state index < -0.39 is 41.4 Å². The first-order valence-corrected chi connectivity index (χ1v) is 12.6. The van der Waals surface area contributed by atoms with Crippen LogP contribution in [0.3, 0.4) is 0 Å². The molecular formula is C31H31FO5. The molecule has 0 amide bonds. The van der Waals surface area contributed by atoms with Crippen LogP contribution in [0.25, 0.3) is 0 Å². The summed E-state index contributed by atoms with van der Waals surface area (Å²) in [4.78, 5) is 0. The first-order chi connectivity index (χ1) is 18.0. The Kier molecular flexibility index (Phi) is 6.05. The first kappa shape index (κ1) is 24.5. The van der Waals surface area contributed by atoms with Crippen molar-refractivity contribution in [1.82, 2.24) is 0 Å². The standard InChI is InChI=1S/C31H31FO5/c1-29(2)36-26-25-24(19-32)30(27(26)37-29,28(33-3)35-25)20-34-31(21-13-7-4-8-14-21,22-15-9-5-10-16-22)23-17-11-6-12-18-23/h4-19,25-28H,20H2,1-3H3/b24-19-/t25-,26-,27-,28-,30+/m0/s1. The van der Waals surface area contributed by atoms with Gasteiger partial charge in [-0.2, -0.15) is 0 Å². The molecule has 0 radical (unpaired) electrons. The minimum absolute atomic E-state index is 0.0804. The summed E-state index contributed by atoms with van der Waals surface area (Å²) in [6.07, 6.45) is -1.68. The molecule has 3 aromatic rings. The number of benzene rings is 3. The van der Waals surface area contributed by atoms with Gasteiger partial charge in [-0.25, -0.2) is 4.39 Å². The lowest BCUT2D eigenvalue weighted by molar-refractivity contribution is -0.238. The topological polar surface area (TPSA) is 46.2 Å². The molecular weight excluding hydrogens is 471 g/mol. The summed E-state index contributed by atoms with van der Waals surface area (Å²) >= 11 is 0. The molecule has 0 N–H and O–H groups in total. The average molecular weight is 503 g/mol. The largest absolute Gasteiger partial charge is 0.360 e. The molecule has 0 aromatic heterocycles. The third-order valence-electron chi connectivity index (χ3n) is 7.87. The second-order valence-corrected chi connectivity index (χ2v) is 10.3. The van der Waals surface area contributed by atoms with Gasteiger partial charge < -0.3 is 23.7 Å². The zero-order chi connectivity index (χ0) is 25.7. The van der Waals surface area contributed by atoms with Gasteiger partial charge in [-0.1, -0.05) is 91.0 Å². The van der Waals surface area contributed by atoms with Crippen molar-refractivity contribution in [2.45, 2.75) is 49.8 Å². The summed E-state index contributed by atoms with van der Waals surface area (Å²) in [5.41, 5.74) is 1.31. The van der Waals surface area contributed by atoms with E-state index in [1.807, 2.05) is 68.4 Å². The molecule has 1 saturated carbocycles. The fourth-order valence-corrected chi connectivity index (χ4v) is 6.35. The molecule has 192 valence electrons. The maximum absolute atomic E-state index is 14.6.